The van der Waals surface area contributed by atoms with Crippen molar-refractivity contribution in [1.29, 1.82) is 0 Å². The number of imidazole rings is 2. The van der Waals surface area contributed by atoms with Gasteiger partial charge in [0.2, 0.25) is 0 Å². The molecule has 3 fully saturated rings. The summed E-state index contributed by atoms with van der Waals surface area (Å²) in [4.78, 5) is 28.1. The number of halogens is 1. The SMILES string of the molecule is Nc1ncnc2c1ncn2[C@@H]1O[C@@H]2COP(=O)(S)O[C@@H]3[C@H](O)[C@H](O[C@H]3n3cnc4c(=O)[nH]ncc43)OP(=O)(S)O[C@H]2[C@H]1F. The van der Waals surface area contributed by atoms with E-state index in [4.69, 9.17) is 33.3 Å². The van der Waals surface area contributed by atoms with Gasteiger partial charge in [-0.2, -0.15) is 5.10 Å². The minimum Gasteiger partial charge on any atom is -0.385 e. The molecule has 0 radical (unpaired) electrons. The number of aliphatic hydroxyl groups is 1. The van der Waals surface area contributed by atoms with E-state index in [1.807, 2.05) is 0 Å². The highest BCUT2D eigenvalue weighted by Crippen LogP contribution is 2.62. The van der Waals surface area contributed by atoms with Crippen molar-refractivity contribution in [3.8, 4) is 0 Å². The molecule has 19 nitrogen and oxygen atoms in total. The summed E-state index contributed by atoms with van der Waals surface area (Å²) in [7, 11) is 0. The number of fused-ring (bicyclic) bond motifs is 5. The topological polar surface area (TPSA) is 243 Å². The average molecular weight is 680 g/mol. The molecule has 2 bridgehead atoms. The minimum absolute atomic E-state index is 0.0315. The van der Waals surface area contributed by atoms with Crippen LogP contribution >= 0.6 is 38.1 Å². The zero-order valence-corrected chi connectivity index (χ0v) is 24.7. The molecule has 2 unspecified atom stereocenters. The summed E-state index contributed by atoms with van der Waals surface area (Å²) >= 11 is 7.99. The number of thiol groups is 2. The summed E-state index contributed by atoms with van der Waals surface area (Å²) in [6.45, 7) is -9.58. The Hall–Kier alpha value is -2.49. The maximum Gasteiger partial charge on any atom is 0.388 e. The maximum atomic E-state index is 16.0. The van der Waals surface area contributed by atoms with Crippen LogP contribution in [0.25, 0.3) is 22.2 Å². The van der Waals surface area contributed by atoms with Crippen molar-refractivity contribution in [3.63, 3.8) is 0 Å². The van der Waals surface area contributed by atoms with Crippen molar-refractivity contribution in [2.24, 2.45) is 0 Å². The van der Waals surface area contributed by atoms with Gasteiger partial charge in [-0.15, -0.1) is 0 Å². The lowest BCUT2D eigenvalue weighted by atomic mass is 10.1. The van der Waals surface area contributed by atoms with E-state index in [0.717, 1.165) is 6.33 Å². The third-order valence-electron chi connectivity index (χ3n) is 6.92. The summed E-state index contributed by atoms with van der Waals surface area (Å²) in [6, 6.07) is 0. The molecule has 0 aliphatic carbocycles. The molecule has 4 aromatic rings. The molecule has 0 spiro atoms. The Morgan fingerprint density at radius 2 is 1.74 bits per heavy atom. The molecule has 43 heavy (non-hydrogen) atoms. The summed E-state index contributed by atoms with van der Waals surface area (Å²) in [5, 5.41) is 17.0. The highest BCUT2D eigenvalue weighted by molar-refractivity contribution is 8.44. The van der Waals surface area contributed by atoms with Gasteiger partial charge in [0, 0.05) is 0 Å². The van der Waals surface area contributed by atoms with Crippen LogP contribution < -0.4 is 11.3 Å². The molecule has 10 atom stereocenters. The van der Waals surface area contributed by atoms with E-state index in [1.54, 1.807) is 0 Å². The van der Waals surface area contributed by atoms with Crippen LogP contribution in [-0.2, 0) is 36.7 Å². The molecule has 3 saturated heterocycles. The number of nitrogens with zero attached hydrogens (tertiary/aromatic N) is 7. The first-order valence-electron chi connectivity index (χ1n) is 12.2. The molecule has 7 heterocycles. The quantitative estimate of drug-likeness (QED) is 0.146. The molecule has 24 heteroatoms. The summed E-state index contributed by atoms with van der Waals surface area (Å²) < 4.78 is 78.8. The van der Waals surface area contributed by atoms with Crippen molar-refractivity contribution in [2.45, 2.75) is 49.3 Å². The number of nitrogens with one attached hydrogen (secondary N) is 1. The van der Waals surface area contributed by atoms with Crippen molar-refractivity contribution in [2.75, 3.05) is 12.3 Å². The van der Waals surface area contributed by atoms with Gasteiger partial charge in [-0.3, -0.25) is 32.0 Å². The molecule has 4 N–H and O–H groups in total. The first-order valence-corrected chi connectivity index (χ1v) is 17.6. The molecular formula is C19H20FN9O10P2S2. The normalized spacial score (nSPS) is 38.6. The van der Waals surface area contributed by atoms with Crippen LogP contribution in [0.5, 0.6) is 0 Å². The fraction of sp³-hybridized carbons (Fsp3) is 0.474. The lowest BCUT2D eigenvalue weighted by molar-refractivity contribution is -0.130. The number of ether oxygens (including phenoxy) is 2. The largest absolute Gasteiger partial charge is 0.388 e. The monoisotopic (exact) mass is 679 g/mol. The van der Waals surface area contributed by atoms with E-state index in [1.165, 1.54) is 28.0 Å². The number of rotatable bonds is 2. The molecule has 0 saturated carbocycles. The minimum atomic E-state index is -4.55. The second kappa shape index (κ2) is 10.6. The standard InChI is InChI=1S/C19H20FN9O10P2S2/c20-8-12-7(35-17(8)29-5-25-10-14(21)22-3-23-15(10)29)2-34-40(32,42)38-13-11(30)19(39-41(33,43)37-12)36-18(13)28-4-24-9-6(28)1-26-27-16(9)31/h1,3-5,7-8,11-13,17-19,30H,2H2,(H,27,31)(H,32,42)(H,33,43)(H2,21,22,23)/t7-,8-,11+,12-,13-,17-,18-,19-,40?,41?/m1/s1. The zero-order chi connectivity index (χ0) is 30.3. The Balaban J connectivity index is 1.22. The van der Waals surface area contributed by atoms with Crippen LogP contribution in [0.3, 0.4) is 0 Å². The second-order valence-corrected chi connectivity index (χ2v) is 15.2. The highest BCUT2D eigenvalue weighted by atomic mass is 32.7. The van der Waals surface area contributed by atoms with Gasteiger partial charge in [0.05, 0.1) is 31.0 Å². The summed E-state index contributed by atoms with van der Waals surface area (Å²) in [5.74, 6) is 0.0447. The molecule has 7 rings (SSSR count). The van der Waals surface area contributed by atoms with Crippen molar-refractivity contribution in [3.05, 3.63) is 35.5 Å². The van der Waals surface area contributed by atoms with E-state index < -0.39 is 75.1 Å². The number of nitrogen functional groups attached to an aromatic ring is 1. The lowest BCUT2D eigenvalue weighted by Gasteiger charge is -2.28. The van der Waals surface area contributed by atoms with Crippen LogP contribution in [0.15, 0.2) is 30.0 Å². The fourth-order valence-corrected chi connectivity index (χ4v) is 8.13. The van der Waals surface area contributed by atoms with Crippen LogP contribution in [0.2, 0.25) is 0 Å². The van der Waals surface area contributed by atoms with Crippen LogP contribution in [0.4, 0.5) is 10.2 Å². The van der Waals surface area contributed by atoms with Gasteiger partial charge in [-0.1, -0.05) is 24.5 Å². The number of aromatic amines is 1. The highest BCUT2D eigenvalue weighted by Gasteiger charge is 2.55. The van der Waals surface area contributed by atoms with E-state index in [-0.39, 0.29) is 28.0 Å². The number of hydrogen-bond donors (Lipinski definition) is 5. The molecule has 3 aliphatic heterocycles. The number of aliphatic hydroxyl groups excluding tert-OH is 1. The second-order valence-electron chi connectivity index (χ2n) is 9.54. The van der Waals surface area contributed by atoms with Gasteiger partial charge >= 0.3 is 13.6 Å². The van der Waals surface area contributed by atoms with Gasteiger partial charge in [-0.05, 0) is 0 Å². The Morgan fingerprint density at radius 1 is 1.00 bits per heavy atom. The number of anilines is 1. The van der Waals surface area contributed by atoms with Crippen molar-refractivity contribution < 1.29 is 46.2 Å². The first-order chi connectivity index (χ1) is 20.4. The van der Waals surface area contributed by atoms with Gasteiger partial charge in [0.1, 0.15) is 36.3 Å². The Bertz CT molecular complexity index is 1880. The van der Waals surface area contributed by atoms with Gasteiger partial charge < -0.3 is 20.3 Å². The predicted molar refractivity (Wildman–Crippen MR) is 147 cm³/mol. The number of aromatic nitrogens is 8. The van der Waals surface area contributed by atoms with Crippen LogP contribution in [-0.4, -0.2) is 87.9 Å². The third-order valence-corrected chi connectivity index (χ3v) is 10.1. The molecule has 3 aliphatic rings. The number of alkyl halides is 1. The predicted octanol–water partition coefficient (Wildman–Crippen LogP) is 0.886. The van der Waals surface area contributed by atoms with Gasteiger partial charge in [-0.25, -0.2) is 38.6 Å². The van der Waals surface area contributed by atoms with Crippen LogP contribution in [0, 0.1) is 0 Å². The Labute approximate surface area is 248 Å². The van der Waals surface area contributed by atoms with E-state index >= 15 is 4.39 Å². The average Bonchev–Trinajstić information content (AvgIpc) is 3.70. The molecule has 0 amide bonds. The number of hydrogen-bond acceptors (Lipinski definition) is 16. The van der Waals surface area contributed by atoms with Crippen LogP contribution in [0.1, 0.15) is 12.5 Å². The lowest BCUT2D eigenvalue weighted by Crippen LogP contribution is -2.37. The van der Waals surface area contributed by atoms with Gasteiger partial charge in [0.15, 0.2) is 41.9 Å². The Kier molecular flexibility index (Phi) is 7.18. The smallest absolute Gasteiger partial charge is 0.385 e. The Morgan fingerprint density at radius 3 is 2.56 bits per heavy atom. The van der Waals surface area contributed by atoms with Crippen molar-refractivity contribution in [1.82, 2.24) is 39.3 Å². The first kappa shape index (κ1) is 29.2. The summed E-state index contributed by atoms with van der Waals surface area (Å²) in [6.07, 6.45) is -8.27. The molecule has 0 aromatic carbocycles. The number of nitrogens with two attached hydrogens (primary N) is 1. The van der Waals surface area contributed by atoms with E-state index in [2.05, 4.69) is 54.6 Å². The fourth-order valence-electron chi connectivity index (χ4n) is 5.02. The molecular weight excluding hydrogens is 659 g/mol. The third kappa shape index (κ3) is 5.09. The summed E-state index contributed by atoms with van der Waals surface area (Å²) in [5.41, 5.74) is 5.64. The van der Waals surface area contributed by atoms with Crippen molar-refractivity contribution >= 4 is 66.1 Å². The maximum absolute atomic E-state index is 16.0. The molecule has 230 valence electrons. The zero-order valence-electron chi connectivity index (χ0n) is 21.1. The van der Waals surface area contributed by atoms with E-state index in [0.29, 0.717) is 0 Å². The van der Waals surface area contributed by atoms with E-state index in [9.17, 15) is 19.0 Å². The number of H-pyrrole nitrogens is 1. The molecule has 4 aromatic heterocycles. The van der Waals surface area contributed by atoms with Gasteiger partial charge in [0.25, 0.3) is 5.56 Å².